The van der Waals surface area contributed by atoms with Gasteiger partial charge >= 0.3 is 95.5 Å². The summed E-state index contributed by atoms with van der Waals surface area (Å²) in [4.78, 5) is 266. The Balaban J connectivity index is -0.000000387. The molecule has 0 heterocycles. The van der Waals surface area contributed by atoms with Crippen molar-refractivity contribution in [3.8, 4) is 0 Å². The molecule has 1 aromatic rings. The summed E-state index contributed by atoms with van der Waals surface area (Å²) in [5.41, 5.74) is 0.0320. The Kier molecular flexibility index (Phi) is 85.2. The summed E-state index contributed by atoms with van der Waals surface area (Å²) in [7, 11) is 7.26. The molecule has 1 fully saturated rings. The van der Waals surface area contributed by atoms with Crippen molar-refractivity contribution < 1.29 is 191 Å². The van der Waals surface area contributed by atoms with Crippen LogP contribution in [0, 0.1) is 17.3 Å². The quantitative estimate of drug-likeness (QED) is 0.0255. The lowest BCUT2D eigenvalue weighted by Crippen LogP contribution is -2.42. The molecule has 8 atom stereocenters. The standard InChI is InChI=1S/C15H23NO5.C15H17NO5.C13H21NO5.2C12H19NO5.2C11H17NO5.C10H15NO5/c2*1-11(10-21-14(18)9-8-13(17)20-2)16-15(19)12-6-4-3-5-7-12;1-9(14-12(17)13(2,3)4)8-19-11(16)7-6-10(15)18-5;1-8(2)12(16)13-9(3)7-18-11(15)6-5-10(14)17-4;1-4-10(14)13-9(3)8-18-12(16)7-6-11(15)17-5-2;1-4-9(13)12-8(2)7-17-11(15)6-5-10(14)16-3;1-4-16-10(14)5-6-11(15)17-7-8(2)12-9(3)13;1-7(11-8(2)12)6-16-10(14)5-4-9(13)15-3/h8-9,11-12H,3-7,10H2,1-2H3,(H,16,19);3-9,11H,10H2,1-2H3,(H,16,19);6-7,9H,8H2,1-5H3,(H,14,17);5-6,8-9H,7H2,1-4H3,(H,13,16);6-7,9H,4-5,8H2,1-3H3,(H,13,14);2*5-6,8H,4,7H2,1-3H3,(H,12,13);4-5,7H,6H2,1-3H3,(H,11,12)/b2*9-8+;7-6+;6-5+;7-6+;2*6-5+;5-4+/t2*11-;3*9-;2*8-;7-/m11111111/s1. The predicted molar refractivity (Wildman–Crippen MR) is 526 cm³/mol. The predicted octanol–water partition coefficient (Wildman–Crippen LogP) is 4.34. The molecule has 8 N–H and O–H groups in total. The van der Waals surface area contributed by atoms with Crippen molar-refractivity contribution in [1.82, 2.24) is 42.5 Å². The van der Waals surface area contributed by atoms with Gasteiger partial charge < -0.3 is 118 Å². The zero-order valence-electron chi connectivity index (χ0n) is 88.2. The molecule has 0 bridgehead atoms. The first-order valence-corrected chi connectivity index (χ1v) is 46.0. The number of ether oxygens (including phenoxy) is 16. The molecule has 0 unspecified atom stereocenters. The molecule has 48 nitrogen and oxygen atoms in total. The van der Waals surface area contributed by atoms with E-state index in [9.17, 15) is 115 Å². The number of amides is 8. The van der Waals surface area contributed by atoms with Gasteiger partial charge in [0, 0.05) is 147 Å². The van der Waals surface area contributed by atoms with Gasteiger partial charge in [0.25, 0.3) is 5.91 Å². The fourth-order valence-electron chi connectivity index (χ4n) is 9.17. The van der Waals surface area contributed by atoms with Gasteiger partial charge in [-0.1, -0.05) is 85.9 Å². The summed E-state index contributed by atoms with van der Waals surface area (Å²) in [5, 5.41) is 21.3. The molecule has 0 saturated heterocycles. The maximum atomic E-state index is 12.0. The molecule has 2 rings (SSSR count). The SMILES string of the molecule is CCC(=O)N[C@H](C)COC(=O)/C=C/C(=O)OC.CCOC(=O)/C=C/C(=O)OC[C@@H](C)NC(=O)CC.CCOC(=O)/C=C/C(=O)OC[C@@H](C)NC(C)=O.COC(=O)/C=C/C(=O)OC[C@@H](C)NC(=O)C(C)(C)C.COC(=O)/C=C/C(=O)OC[C@@H](C)NC(=O)C(C)C.COC(=O)/C=C/C(=O)OC[C@@H](C)NC(=O)C1CCCCC1.COC(=O)/C=C/C(=O)OC[C@@H](C)NC(=O)c1ccccc1.COC(=O)/C=C/C(=O)OC[C@@H](C)NC(C)=O. The van der Waals surface area contributed by atoms with Crippen LogP contribution in [0.15, 0.2) is 128 Å². The smallest absolute Gasteiger partial charge is 0.331 e. The maximum absolute atomic E-state index is 12.0. The molecule has 0 spiro atoms. The fourth-order valence-corrected chi connectivity index (χ4v) is 9.17. The van der Waals surface area contributed by atoms with Gasteiger partial charge in [-0.05, 0) is 94.2 Å². The minimum absolute atomic E-state index is 0.00290. The molecule has 824 valence electrons. The van der Waals surface area contributed by atoms with Crippen molar-refractivity contribution in [2.75, 3.05) is 109 Å². The van der Waals surface area contributed by atoms with E-state index >= 15 is 0 Å². The fraction of sp³-hybridized carbons (Fsp3) is 0.535. The number of carbonyl (C=O) groups excluding carboxylic acids is 24. The summed E-state index contributed by atoms with van der Waals surface area (Å²) in [6, 6.07) is 6.45. The Labute approximate surface area is 856 Å². The summed E-state index contributed by atoms with van der Waals surface area (Å²) in [5.74, 6) is -11.4. The second-order valence-corrected chi connectivity index (χ2v) is 31.9. The van der Waals surface area contributed by atoms with Crippen LogP contribution in [0.1, 0.15) is 187 Å². The van der Waals surface area contributed by atoms with Gasteiger partial charge in [-0.2, -0.15) is 0 Å². The lowest BCUT2D eigenvalue weighted by Gasteiger charge is -2.23. The van der Waals surface area contributed by atoms with Crippen LogP contribution < -0.4 is 42.5 Å². The average Bonchev–Trinajstić information content (AvgIpc) is 0.910. The lowest BCUT2D eigenvalue weighted by atomic mass is 9.88. The van der Waals surface area contributed by atoms with Crippen LogP contribution in [-0.2, 0) is 186 Å². The summed E-state index contributed by atoms with van der Waals surface area (Å²) < 4.78 is 73.8. The van der Waals surface area contributed by atoms with Gasteiger partial charge in [0.15, 0.2) is 0 Å². The third kappa shape index (κ3) is 92.6. The molecule has 147 heavy (non-hydrogen) atoms. The molecule has 1 saturated carbocycles. The highest BCUT2D eigenvalue weighted by Gasteiger charge is 2.25. The number of benzene rings is 1. The van der Waals surface area contributed by atoms with Crippen LogP contribution in [0.3, 0.4) is 0 Å². The Morgan fingerprint density at radius 3 is 0.728 bits per heavy atom. The van der Waals surface area contributed by atoms with E-state index in [0.29, 0.717) is 18.4 Å². The van der Waals surface area contributed by atoms with Gasteiger partial charge in [-0.15, -0.1) is 0 Å². The number of methoxy groups -OCH3 is 6. The summed E-state index contributed by atoms with van der Waals surface area (Å²) in [6.07, 6.45) is 21.7. The topological polar surface area (TPSA) is 654 Å². The first kappa shape index (κ1) is 142. The van der Waals surface area contributed by atoms with E-state index in [2.05, 4.69) is 80.4 Å². The molecule has 1 aliphatic rings. The van der Waals surface area contributed by atoms with Crippen molar-refractivity contribution in [1.29, 1.82) is 0 Å². The second kappa shape index (κ2) is 88.2. The van der Waals surface area contributed by atoms with Gasteiger partial charge in [-0.3, -0.25) is 38.4 Å². The van der Waals surface area contributed by atoms with E-state index in [1.807, 2.05) is 6.07 Å². The Morgan fingerprint density at radius 1 is 0.286 bits per heavy atom. The van der Waals surface area contributed by atoms with Crippen LogP contribution in [0.2, 0.25) is 0 Å². The molecule has 1 aromatic carbocycles. The third-order valence-corrected chi connectivity index (χ3v) is 16.5. The zero-order chi connectivity index (χ0) is 114. The number of nitrogens with one attached hydrogen (secondary N) is 8. The monoisotopic (exact) mass is 2090 g/mol. The first-order valence-electron chi connectivity index (χ1n) is 46.0. The van der Waals surface area contributed by atoms with Gasteiger partial charge in [0.1, 0.15) is 52.9 Å². The van der Waals surface area contributed by atoms with Crippen molar-refractivity contribution in [2.45, 2.75) is 225 Å². The van der Waals surface area contributed by atoms with Crippen molar-refractivity contribution in [3.05, 3.63) is 133 Å². The molecule has 8 amide bonds. The van der Waals surface area contributed by atoms with E-state index in [1.54, 1.807) is 142 Å². The normalized spacial score (nSPS) is 12.8. The molecule has 0 aromatic heterocycles. The number of carbonyl (C=O) groups is 24. The highest BCUT2D eigenvalue weighted by molar-refractivity contribution is 5.97. The molecular weight excluding hydrogens is 1940 g/mol. The van der Waals surface area contributed by atoms with E-state index in [-0.39, 0.29) is 173 Å². The van der Waals surface area contributed by atoms with Crippen LogP contribution in [0.4, 0.5) is 0 Å². The third-order valence-electron chi connectivity index (χ3n) is 16.5. The number of esters is 16. The van der Waals surface area contributed by atoms with Crippen molar-refractivity contribution in [3.63, 3.8) is 0 Å². The van der Waals surface area contributed by atoms with Crippen LogP contribution in [0.25, 0.3) is 0 Å². The molecule has 0 radical (unpaired) electrons. The van der Waals surface area contributed by atoms with Crippen molar-refractivity contribution in [2.24, 2.45) is 17.3 Å². The Morgan fingerprint density at radius 2 is 0.503 bits per heavy atom. The minimum Gasteiger partial charge on any atom is -0.466 e. The molecule has 1 aliphatic carbocycles. The Bertz CT molecular complexity index is 4540. The highest BCUT2D eigenvalue weighted by atomic mass is 16.6. The van der Waals surface area contributed by atoms with E-state index in [1.165, 1.54) is 62.9 Å². The van der Waals surface area contributed by atoms with Gasteiger partial charge in [0.2, 0.25) is 41.4 Å². The maximum Gasteiger partial charge on any atom is 0.331 e. The van der Waals surface area contributed by atoms with E-state index in [4.69, 9.17) is 37.9 Å². The molecular formula is C99H148N8O40. The average molecular weight is 2090 g/mol. The van der Waals surface area contributed by atoms with Gasteiger partial charge in [-0.25, -0.2) is 76.7 Å². The van der Waals surface area contributed by atoms with Crippen molar-refractivity contribution >= 4 is 143 Å². The summed E-state index contributed by atoms with van der Waals surface area (Å²) >= 11 is 0. The lowest BCUT2D eigenvalue weighted by molar-refractivity contribution is -0.140. The van der Waals surface area contributed by atoms with Gasteiger partial charge in [0.05, 0.1) is 104 Å². The number of hydrogen-bond donors (Lipinski definition) is 8. The first-order chi connectivity index (χ1) is 69.0. The second-order valence-electron chi connectivity index (χ2n) is 31.9. The van der Waals surface area contributed by atoms with Crippen LogP contribution >= 0.6 is 0 Å². The number of hydrogen-bond acceptors (Lipinski definition) is 40. The number of rotatable bonds is 47. The summed E-state index contributed by atoms with van der Waals surface area (Å²) in [6.45, 7) is 33.1. The van der Waals surface area contributed by atoms with Crippen LogP contribution in [0.5, 0.6) is 0 Å². The Hall–Kier alpha value is -15.6. The minimum atomic E-state index is -0.679. The van der Waals surface area contributed by atoms with E-state index in [0.717, 1.165) is 123 Å². The van der Waals surface area contributed by atoms with Crippen LogP contribution in [-0.4, -0.2) is 300 Å². The molecule has 0 aliphatic heterocycles. The highest BCUT2D eigenvalue weighted by Crippen LogP contribution is 2.24. The zero-order valence-corrected chi connectivity index (χ0v) is 88.2. The largest absolute Gasteiger partial charge is 0.466 e. The van der Waals surface area contributed by atoms with E-state index < -0.39 is 101 Å². The molecule has 48 heteroatoms.